The largest absolute Gasteiger partial charge is 0.457 e. The van der Waals surface area contributed by atoms with Crippen molar-refractivity contribution >= 4 is 0 Å². The summed E-state index contributed by atoms with van der Waals surface area (Å²) in [5.74, 6) is 0.149. The van der Waals surface area contributed by atoms with Gasteiger partial charge in [0.1, 0.15) is 11.5 Å². The highest BCUT2D eigenvalue weighted by atomic mass is 19.4. The molecule has 2 rings (SSSR count). The van der Waals surface area contributed by atoms with Crippen molar-refractivity contribution in [3.8, 4) is 11.5 Å². The predicted octanol–water partition coefficient (Wildman–Crippen LogP) is 4.26. The zero-order valence-corrected chi connectivity index (χ0v) is 10.9. The van der Waals surface area contributed by atoms with Crippen molar-refractivity contribution < 1.29 is 17.9 Å². The van der Waals surface area contributed by atoms with Crippen molar-refractivity contribution in [2.45, 2.75) is 19.6 Å². The molecule has 0 saturated heterocycles. The normalized spacial score (nSPS) is 11.4. The molecule has 0 amide bonds. The van der Waals surface area contributed by atoms with Crippen LogP contribution in [0.3, 0.4) is 0 Å². The third-order valence-corrected chi connectivity index (χ3v) is 2.80. The third kappa shape index (κ3) is 3.30. The molecule has 2 aromatic rings. The van der Waals surface area contributed by atoms with Gasteiger partial charge in [0.05, 0.1) is 5.56 Å². The van der Waals surface area contributed by atoms with Crippen LogP contribution in [0.25, 0.3) is 0 Å². The van der Waals surface area contributed by atoms with Crippen LogP contribution in [0.2, 0.25) is 0 Å². The fraction of sp³-hybridized carbons (Fsp3) is 0.200. The Morgan fingerprint density at radius 1 is 1.10 bits per heavy atom. The Hall–Kier alpha value is -2.01. The Kier molecular flexibility index (Phi) is 3.99. The minimum Gasteiger partial charge on any atom is -0.457 e. The maximum atomic E-state index is 13.0. The van der Waals surface area contributed by atoms with Crippen LogP contribution in [-0.2, 0) is 12.7 Å². The van der Waals surface area contributed by atoms with Gasteiger partial charge in [0.15, 0.2) is 0 Å². The number of halogens is 3. The number of aryl methyl sites for hydroxylation is 1. The van der Waals surface area contributed by atoms with E-state index < -0.39 is 11.7 Å². The van der Waals surface area contributed by atoms with Crippen LogP contribution < -0.4 is 10.5 Å². The summed E-state index contributed by atoms with van der Waals surface area (Å²) >= 11 is 0. The standard InChI is InChI=1S/C15H14F3NO/c1-10-3-2-4-12(7-10)20-14-6-5-11(9-19)8-13(14)15(16,17)18/h2-8H,9,19H2,1H3. The summed E-state index contributed by atoms with van der Waals surface area (Å²) in [6.45, 7) is 1.89. The maximum absolute atomic E-state index is 13.0. The van der Waals surface area contributed by atoms with Crippen molar-refractivity contribution in [3.63, 3.8) is 0 Å². The fourth-order valence-corrected chi connectivity index (χ4v) is 1.82. The number of rotatable bonds is 3. The molecule has 20 heavy (non-hydrogen) atoms. The van der Waals surface area contributed by atoms with Crippen molar-refractivity contribution in [3.05, 3.63) is 59.2 Å². The van der Waals surface area contributed by atoms with Crippen LogP contribution in [0.15, 0.2) is 42.5 Å². The highest BCUT2D eigenvalue weighted by Crippen LogP contribution is 2.38. The first-order chi connectivity index (χ1) is 9.40. The molecule has 0 unspecified atom stereocenters. The number of hydrogen-bond donors (Lipinski definition) is 1. The SMILES string of the molecule is Cc1cccc(Oc2ccc(CN)cc2C(F)(F)F)c1. The van der Waals surface area contributed by atoms with Crippen LogP contribution in [0, 0.1) is 6.92 Å². The lowest BCUT2D eigenvalue weighted by Gasteiger charge is -2.15. The summed E-state index contributed by atoms with van der Waals surface area (Å²) < 4.78 is 44.4. The van der Waals surface area contributed by atoms with Gasteiger partial charge >= 0.3 is 6.18 Å². The Bertz CT molecular complexity index is 608. The molecule has 2 nitrogen and oxygen atoms in total. The van der Waals surface area contributed by atoms with Gasteiger partial charge in [-0.1, -0.05) is 18.2 Å². The zero-order valence-electron chi connectivity index (χ0n) is 10.9. The van der Waals surface area contributed by atoms with E-state index in [1.165, 1.54) is 12.1 Å². The summed E-state index contributed by atoms with van der Waals surface area (Å²) in [5, 5.41) is 0. The molecule has 0 fully saturated rings. The molecule has 2 N–H and O–H groups in total. The molecule has 2 aromatic carbocycles. The molecule has 0 aliphatic carbocycles. The lowest BCUT2D eigenvalue weighted by molar-refractivity contribution is -0.138. The van der Waals surface area contributed by atoms with Crippen molar-refractivity contribution in [2.75, 3.05) is 0 Å². The van der Waals surface area contributed by atoms with Crippen LogP contribution >= 0.6 is 0 Å². The average Bonchev–Trinajstić information content (AvgIpc) is 2.38. The van der Waals surface area contributed by atoms with Gasteiger partial charge in [-0.15, -0.1) is 0 Å². The number of hydrogen-bond acceptors (Lipinski definition) is 2. The van der Waals surface area contributed by atoms with Crippen molar-refractivity contribution in [2.24, 2.45) is 5.73 Å². The highest BCUT2D eigenvalue weighted by molar-refractivity contribution is 5.42. The first kappa shape index (κ1) is 14.4. The molecule has 0 aromatic heterocycles. The van der Waals surface area contributed by atoms with E-state index in [4.69, 9.17) is 10.5 Å². The predicted molar refractivity (Wildman–Crippen MR) is 70.6 cm³/mol. The molecule has 0 radical (unpaired) electrons. The monoisotopic (exact) mass is 281 g/mol. The van der Waals surface area contributed by atoms with E-state index in [0.717, 1.165) is 11.6 Å². The molecule has 0 aliphatic rings. The Labute approximate surface area is 115 Å². The second-order valence-corrected chi connectivity index (χ2v) is 4.45. The van der Waals surface area contributed by atoms with E-state index in [1.54, 1.807) is 18.2 Å². The topological polar surface area (TPSA) is 35.2 Å². The van der Waals surface area contributed by atoms with Crippen LogP contribution in [0.4, 0.5) is 13.2 Å². The molecular formula is C15H14F3NO. The highest BCUT2D eigenvalue weighted by Gasteiger charge is 2.34. The van der Waals surface area contributed by atoms with Crippen LogP contribution in [0.5, 0.6) is 11.5 Å². The van der Waals surface area contributed by atoms with E-state index in [1.807, 2.05) is 13.0 Å². The van der Waals surface area contributed by atoms with E-state index in [-0.39, 0.29) is 12.3 Å². The molecule has 0 aliphatic heterocycles. The second kappa shape index (κ2) is 5.54. The molecule has 0 saturated carbocycles. The van der Waals surface area contributed by atoms with Crippen molar-refractivity contribution in [1.29, 1.82) is 0 Å². The minimum absolute atomic E-state index is 0.0494. The maximum Gasteiger partial charge on any atom is 0.419 e. The van der Waals surface area contributed by atoms with Gasteiger partial charge < -0.3 is 10.5 Å². The summed E-state index contributed by atoms with van der Waals surface area (Å²) in [6, 6.07) is 10.7. The van der Waals surface area contributed by atoms with Gasteiger partial charge in [0, 0.05) is 6.54 Å². The summed E-state index contributed by atoms with van der Waals surface area (Å²) in [6.07, 6.45) is -4.48. The Morgan fingerprint density at radius 2 is 1.85 bits per heavy atom. The minimum atomic E-state index is -4.48. The van der Waals surface area contributed by atoms with Gasteiger partial charge in [-0.05, 0) is 42.3 Å². The van der Waals surface area contributed by atoms with E-state index >= 15 is 0 Å². The summed E-state index contributed by atoms with van der Waals surface area (Å²) in [5.41, 5.74) is 5.88. The second-order valence-electron chi connectivity index (χ2n) is 4.45. The smallest absolute Gasteiger partial charge is 0.419 e. The third-order valence-electron chi connectivity index (χ3n) is 2.80. The Morgan fingerprint density at radius 3 is 2.45 bits per heavy atom. The summed E-state index contributed by atoms with van der Waals surface area (Å²) in [7, 11) is 0. The zero-order chi connectivity index (χ0) is 14.8. The first-order valence-corrected chi connectivity index (χ1v) is 6.05. The number of nitrogens with two attached hydrogens (primary N) is 1. The average molecular weight is 281 g/mol. The molecule has 0 atom stereocenters. The number of benzene rings is 2. The fourth-order valence-electron chi connectivity index (χ4n) is 1.82. The first-order valence-electron chi connectivity index (χ1n) is 6.05. The lowest BCUT2D eigenvalue weighted by Crippen LogP contribution is -2.09. The van der Waals surface area contributed by atoms with Gasteiger partial charge in [-0.2, -0.15) is 13.2 Å². The van der Waals surface area contributed by atoms with Gasteiger partial charge in [0.25, 0.3) is 0 Å². The number of alkyl halides is 3. The quantitative estimate of drug-likeness (QED) is 0.912. The van der Waals surface area contributed by atoms with Crippen LogP contribution in [0.1, 0.15) is 16.7 Å². The van der Waals surface area contributed by atoms with Crippen LogP contribution in [-0.4, -0.2) is 0 Å². The molecule has 5 heteroatoms. The lowest BCUT2D eigenvalue weighted by atomic mass is 10.1. The van der Waals surface area contributed by atoms with Gasteiger partial charge in [-0.3, -0.25) is 0 Å². The van der Waals surface area contributed by atoms with E-state index in [0.29, 0.717) is 11.3 Å². The summed E-state index contributed by atoms with van der Waals surface area (Å²) in [4.78, 5) is 0. The molecule has 0 heterocycles. The molecule has 106 valence electrons. The molecular weight excluding hydrogens is 267 g/mol. The van der Waals surface area contributed by atoms with Gasteiger partial charge in [-0.25, -0.2) is 0 Å². The van der Waals surface area contributed by atoms with Gasteiger partial charge in [0.2, 0.25) is 0 Å². The molecule has 0 bridgehead atoms. The van der Waals surface area contributed by atoms with E-state index in [2.05, 4.69) is 0 Å². The molecule has 0 spiro atoms. The number of ether oxygens (including phenoxy) is 1. The van der Waals surface area contributed by atoms with Crippen molar-refractivity contribution in [1.82, 2.24) is 0 Å². The van der Waals surface area contributed by atoms with E-state index in [9.17, 15) is 13.2 Å². The Balaban J connectivity index is 2.41.